The Balaban J connectivity index is 2.98. The maximum atomic E-state index is 13.1. The van der Waals surface area contributed by atoms with Crippen molar-refractivity contribution >= 4 is 29.7 Å². The summed E-state index contributed by atoms with van der Waals surface area (Å²) in [5, 5.41) is 32.5. The van der Waals surface area contributed by atoms with E-state index in [-0.39, 0.29) is 31.7 Å². The molecule has 0 aromatic heterocycles. The largest absolute Gasteiger partial charge is 0.481 e. The zero-order chi connectivity index (χ0) is 24.6. The molecule has 0 aromatic carbocycles. The van der Waals surface area contributed by atoms with Crippen LogP contribution in [-0.2, 0) is 24.0 Å². The maximum Gasteiger partial charge on any atom is 0.328 e. The number of hydrogen-bond acceptors (Lipinski definition) is 7. The van der Waals surface area contributed by atoms with Crippen LogP contribution in [0.4, 0.5) is 0 Å². The molecule has 0 aromatic rings. The van der Waals surface area contributed by atoms with Crippen molar-refractivity contribution in [2.45, 2.75) is 83.1 Å². The first-order chi connectivity index (χ1) is 14.8. The molecule has 0 bridgehead atoms. The molecule has 1 rings (SSSR count). The topological polar surface area (TPSA) is 199 Å². The minimum atomic E-state index is -1.54. The fourth-order valence-electron chi connectivity index (χ4n) is 3.56. The average Bonchev–Trinajstić information content (AvgIpc) is 3.17. The summed E-state index contributed by atoms with van der Waals surface area (Å²) in [5.74, 6) is -4.42. The smallest absolute Gasteiger partial charge is 0.328 e. The van der Waals surface area contributed by atoms with Crippen molar-refractivity contribution in [3.8, 4) is 0 Å². The highest BCUT2D eigenvalue weighted by Gasteiger charge is 2.39. The van der Waals surface area contributed by atoms with Gasteiger partial charge in [-0.15, -0.1) is 0 Å². The van der Waals surface area contributed by atoms with Gasteiger partial charge in [-0.1, -0.05) is 13.8 Å². The van der Waals surface area contributed by atoms with Gasteiger partial charge >= 0.3 is 11.9 Å². The Bertz CT molecular complexity index is 712. The fourth-order valence-corrected chi connectivity index (χ4v) is 3.56. The molecule has 1 aliphatic heterocycles. The predicted molar refractivity (Wildman–Crippen MR) is 112 cm³/mol. The number of carboxylic acids is 2. The number of likely N-dealkylation sites (tertiary alicyclic amines) is 1. The summed E-state index contributed by atoms with van der Waals surface area (Å²) in [4.78, 5) is 61.7. The Hall–Kier alpha value is -2.73. The van der Waals surface area contributed by atoms with Crippen molar-refractivity contribution in [1.29, 1.82) is 0 Å². The number of rotatable bonds is 12. The number of carbonyl (C=O) groups excluding carboxylic acids is 3. The van der Waals surface area contributed by atoms with E-state index < -0.39 is 59.9 Å². The van der Waals surface area contributed by atoms with Gasteiger partial charge in [-0.2, -0.15) is 0 Å². The highest BCUT2D eigenvalue weighted by molar-refractivity contribution is 5.94. The first-order valence-electron chi connectivity index (χ1n) is 10.6. The zero-order valence-electron chi connectivity index (χ0n) is 18.6. The van der Waals surface area contributed by atoms with Crippen molar-refractivity contribution in [3.63, 3.8) is 0 Å². The van der Waals surface area contributed by atoms with Crippen LogP contribution in [0.2, 0.25) is 0 Å². The first kappa shape index (κ1) is 27.3. The molecule has 12 nitrogen and oxygen atoms in total. The number of nitrogens with two attached hydrogens (primary N) is 1. The number of aliphatic hydroxyl groups excluding tert-OH is 1. The second-order valence-electron chi connectivity index (χ2n) is 8.48. The molecule has 1 saturated heterocycles. The van der Waals surface area contributed by atoms with Crippen molar-refractivity contribution in [2.24, 2.45) is 11.7 Å². The fraction of sp³-hybridized carbons (Fsp3) is 0.750. The monoisotopic (exact) mass is 458 g/mol. The standard InChI is InChI=1S/C20H34N4O8/c1-10(2)9-12(21)17(28)22-13(6-7-15(26)27)19(30)24-8-4-5-14(24)18(29)23-16(11(3)25)20(31)32/h10-14,16,25H,4-9,21H2,1-3H3,(H,22,28)(H,23,29)(H,26,27)(H,31,32). The summed E-state index contributed by atoms with van der Waals surface area (Å²) in [5.41, 5.74) is 5.87. The molecule has 0 aliphatic carbocycles. The Morgan fingerprint density at radius 3 is 2.22 bits per heavy atom. The summed E-state index contributed by atoms with van der Waals surface area (Å²) < 4.78 is 0. The molecule has 3 amide bonds. The normalized spacial score (nSPS) is 19.7. The van der Waals surface area contributed by atoms with Gasteiger partial charge in [0.1, 0.15) is 12.1 Å². The summed E-state index contributed by atoms with van der Waals surface area (Å²) in [7, 11) is 0. The molecular formula is C20H34N4O8. The van der Waals surface area contributed by atoms with E-state index in [1.54, 1.807) is 0 Å². The molecule has 7 N–H and O–H groups in total. The minimum Gasteiger partial charge on any atom is -0.481 e. The molecule has 1 aliphatic rings. The number of nitrogens with one attached hydrogen (secondary N) is 2. The lowest BCUT2D eigenvalue weighted by Gasteiger charge is -2.30. The predicted octanol–water partition coefficient (Wildman–Crippen LogP) is -1.35. The summed E-state index contributed by atoms with van der Waals surface area (Å²) in [6, 6.07) is -4.62. The van der Waals surface area contributed by atoms with Crippen LogP contribution in [0.1, 0.15) is 52.9 Å². The van der Waals surface area contributed by atoms with Crippen LogP contribution in [0.25, 0.3) is 0 Å². The lowest BCUT2D eigenvalue weighted by Crippen LogP contribution is -2.58. The molecular weight excluding hydrogens is 424 g/mol. The molecule has 1 heterocycles. The zero-order valence-corrected chi connectivity index (χ0v) is 18.6. The second kappa shape index (κ2) is 12.3. The van der Waals surface area contributed by atoms with Crippen LogP contribution in [-0.4, -0.2) is 86.7 Å². The van der Waals surface area contributed by atoms with E-state index >= 15 is 0 Å². The van der Waals surface area contributed by atoms with Gasteiger partial charge in [0.15, 0.2) is 6.04 Å². The van der Waals surface area contributed by atoms with Crippen LogP contribution >= 0.6 is 0 Å². The molecule has 182 valence electrons. The number of nitrogens with zero attached hydrogens (tertiary/aromatic N) is 1. The Morgan fingerprint density at radius 2 is 1.72 bits per heavy atom. The van der Waals surface area contributed by atoms with Gasteiger partial charge in [-0.3, -0.25) is 19.2 Å². The molecule has 32 heavy (non-hydrogen) atoms. The number of carboxylic acid groups (broad SMARTS) is 2. The third kappa shape index (κ3) is 8.08. The molecule has 5 atom stereocenters. The lowest BCUT2D eigenvalue weighted by molar-refractivity contribution is -0.147. The SMILES string of the molecule is CC(C)CC(N)C(=O)NC(CCC(=O)O)C(=O)N1CCCC1C(=O)NC(C(=O)O)C(C)O. The molecule has 12 heteroatoms. The van der Waals surface area contributed by atoms with Crippen molar-refractivity contribution in [2.75, 3.05) is 6.54 Å². The molecule has 5 unspecified atom stereocenters. The van der Waals surface area contributed by atoms with Crippen LogP contribution in [0.3, 0.4) is 0 Å². The maximum absolute atomic E-state index is 13.1. The van der Waals surface area contributed by atoms with E-state index in [1.807, 2.05) is 13.8 Å². The van der Waals surface area contributed by atoms with Crippen molar-refractivity contribution < 1.29 is 39.3 Å². The van der Waals surface area contributed by atoms with E-state index in [1.165, 1.54) is 11.8 Å². The molecule has 1 fully saturated rings. The third-order valence-corrected chi connectivity index (χ3v) is 5.21. The third-order valence-electron chi connectivity index (χ3n) is 5.21. The Labute approximate surface area is 186 Å². The van der Waals surface area contributed by atoms with Gasteiger partial charge in [-0.05, 0) is 38.5 Å². The van der Waals surface area contributed by atoms with Crippen LogP contribution in [0.15, 0.2) is 0 Å². The summed E-state index contributed by atoms with van der Waals surface area (Å²) in [6.07, 6.45) is -0.837. The van der Waals surface area contributed by atoms with Gasteiger partial charge in [0.05, 0.1) is 12.1 Å². The number of amides is 3. The van der Waals surface area contributed by atoms with Gasteiger partial charge < -0.3 is 36.6 Å². The van der Waals surface area contributed by atoms with Gasteiger partial charge in [0.2, 0.25) is 17.7 Å². The van der Waals surface area contributed by atoms with Crippen LogP contribution < -0.4 is 16.4 Å². The highest BCUT2D eigenvalue weighted by Crippen LogP contribution is 2.20. The Morgan fingerprint density at radius 1 is 1.09 bits per heavy atom. The highest BCUT2D eigenvalue weighted by atomic mass is 16.4. The van der Waals surface area contributed by atoms with Gasteiger partial charge in [0, 0.05) is 13.0 Å². The van der Waals surface area contributed by atoms with E-state index in [2.05, 4.69) is 10.6 Å². The lowest BCUT2D eigenvalue weighted by atomic mass is 10.0. The number of aliphatic carboxylic acids is 2. The molecule has 0 spiro atoms. The number of carbonyl (C=O) groups is 5. The van der Waals surface area contributed by atoms with Gasteiger partial charge in [0.25, 0.3) is 0 Å². The van der Waals surface area contributed by atoms with E-state index in [0.717, 1.165) is 0 Å². The van der Waals surface area contributed by atoms with Crippen LogP contribution in [0.5, 0.6) is 0 Å². The number of hydrogen-bond donors (Lipinski definition) is 6. The van der Waals surface area contributed by atoms with E-state index in [0.29, 0.717) is 12.8 Å². The first-order valence-corrected chi connectivity index (χ1v) is 10.6. The summed E-state index contributed by atoms with van der Waals surface area (Å²) in [6.45, 7) is 5.16. The minimum absolute atomic E-state index is 0.131. The summed E-state index contributed by atoms with van der Waals surface area (Å²) >= 11 is 0. The van der Waals surface area contributed by atoms with Crippen molar-refractivity contribution in [3.05, 3.63) is 0 Å². The molecule has 0 saturated carbocycles. The number of aliphatic hydroxyl groups is 1. The van der Waals surface area contributed by atoms with Crippen LogP contribution in [0, 0.1) is 5.92 Å². The van der Waals surface area contributed by atoms with E-state index in [4.69, 9.17) is 15.9 Å². The second-order valence-corrected chi connectivity index (χ2v) is 8.48. The Kier molecular flexibility index (Phi) is 10.5. The quantitative estimate of drug-likeness (QED) is 0.204. The molecule has 0 radical (unpaired) electrons. The van der Waals surface area contributed by atoms with E-state index in [9.17, 15) is 29.1 Å². The van der Waals surface area contributed by atoms with Gasteiger partial charge in [-0.25, -0.2) is 4.79 Å². The van der Waals surface area contributed by atoms with Crippen molar-refractivity contribution in [1.82, 2.24) is 15.5 Å². The average molecular weight is 459 g/mol.